The first-order valence-corrected chi connectivity index (χ1v) is 10.2. The van der Waals surface area contributed by atoms with Crippen LogP contribution in [0.1, 0.15) is 42.5 Å². The van der Waals surface area contributed by atoms with Crippen LogP contribution < -0.4 is 0 Å². The normalized spacial score (nSPS) is 24.8. The second-order valence-corrected chi connectivity index (χ2v) is 8.27. The summed E-state index contributed by atoms with van der Waals surface area (Å²) in [7, 11) is 0. The van der Waals surface area contributed by atoms with Crippen LogP contribution in [0.4, 0.5) is 0 Å². The minimum absolute atomic E-state index is 0.0321. The molecule has 2 fully saturated rings. The molecule has 2 aliphatic rings. The second-order valence-electron chi connectivity index (χ2n) is 7.39. The Hall–Kier alpha value is -2.06. The van der Waals surface area contributed by atoms with Crippen LogP contribution in [0.2, 0.25) is 10.0 Å². The molecule has 1 saturated heterocycles. The summed E-state index contributed by atoms with van der Waals surface area (Å²) >= 11 is 12.3. The number of nitriles is 1. The predicted octanol–water partition coefficient (Wildman–Crippen LogP) is 5.33. The molecular formula is C22H20Cl2N2O2. The van der Waals surface area contributed by atoms with Gasteiger partial charge in [0.1, 0.15) is 12.2 Å². The minimum Gasteiger partial charge on any atom is -0.357 e. The zero-order chi connectivity index (χ0) is 19.7. The highest BCUT2D eigenvalue weighted by atomic mass is 35.5. The van der Waals surface area contributed by atoms with Gasteiger partial charge in [-0.1, -0.05) is 47.5 Å². The van der Waals surface area contributed by atoms with Crippen molar-refractivity contribution in [3.63, 3.8) is 0 Å². The number of ether oxygens (including phenoxy) is 1. The monoisotopic (exact) mass is 414 g/mol. The van der Waals surface area contributed by atoms with Gasteiger partial charge in [0.05, 0.1) is 18.5 Å². The van der Waals surface area contributed by atoms with E-state index < -0.39 is 12.2 Å². The average Bonchev–Trinajstić information content (AvgIpc) is 3.50. The Labute approximate surface area is 174 Å². The first-order valence-electron chi connectivity index (χ1n) is 9.40. The van der Waals surface area contributed by atoms with Gasteiger partial charge >= 0.3 is 0 Å². The van der Waals surface area contributed by atoms with Gasteiger partial charge in [0.15, 0.2) is 0 Å². The molecule has 0 spiro atoms. The molecule has 1 saturated carbocycles. The zero-order valence-corrected chi connectivity index (χ0v) is 16.7. The third-order valence-electron chi connectivity index (χ3n) is 5.31. The number of hydrogen-bond acceptors (Lipinski definition) is 3. The van der Waals surface area contributed by atoms with E-state index in [1.54, 1.807) is 0 Å². The van der Waals surface area contributed by atoms with Gasteiger partial charge in [-0.25, -0.2) is 0 Å². The summed E-state index contributed by atoms with van der Waals surface area (Å²) in [5.41, 5.74) is 1.85. The Morgan fingerprint density at radius 3 is 2.46 bits per heavy atom. The summed E-state index contributed by atoms with van der Waals surface area (Å²) in [6.45, 7) is 0.675. The third-order valence-corrected chi connectivity index (χ3v) is 5.80. The van der Waals surface area contributed by atoms with Gasteiger partial charge in [-0.05, 0) is 54.2 Å². The fourth-order valence-corrected chi connectivity index (χ4v) is 4.08. The van der Waals surface area contributed by atoms with Crippen LogP contribution >= 0.6 is 23.2 Å². The highest BCUT2D eigenvalue weighted by Crippen LogP contribution is 2.45. The predicted molar refractivity (Wildman–Crippen MR) is 108 cm³/mol. The van der Waals surface area contributed by atoms with Gasteiger partial charge in [0, 0.05) is 16.6 Å². The Balaban J connectivity index is 1.79. The van der Waals surface area contributed by atoms with Crippen molar-refractivity contribution < 1.29 is 9.53 Å². The van der Waals surface area contributed by atoms with Crippen LogP contribution in [0, 0.1) is 17.2 Å². The molecule has 1 aliphatic heterocycles. The number of hydrogen-bond donors (Lipinski definition) is 0. The summed E-state index contributed by atoms with van der Waals surface area (Å²) in [4.78, 5) is 15.1. The van der Waals surface area contributed by atoms with Crippen molar-refractivity contribution in [1.29, 1.82) is 5.26 Å². The van der Waals surface area contributed by atoms with E-state index in [4.69, 9.17) is 27.9 Å². The van der Waals surface area contributed by atoms with Crippen molar-refractivity contribution in [2.75, 3.05) is 6.54 Å². The van der Waals surface area contributed by atoms with Crippen molar-refractivity contribution in [2.24, 2.45) is 5.92 Å². The standard InChI is InChI=1S/C22H20Cl2N2O2/c23-17-8-6-15(7-9-17)20-21(16-2-1-3-18(24)12-16)28-19(10-11-25)22(27)26(20)13-14-4-5-14/h1-3,6-9,12,14,19-21H,4-5,10,13H2/t19-,20+,21+/m1/s1. The van der Waals surface area contributed by atoms with Crippen molar-refractivity contribution >= 4 is 29.1 Å². The molecule has 2 aromatic carbocycles. The first kappa shape index (κ1) is 19.3. The quantitative estimate of drug-likeness (QED) is 0.664. The molecule has 0 bridgehead atoms. The Bertz CT molecular complexity index is 905. The maximum Gasteiger partial charge on any atom is 0.253 e. The Morgan fingerprint density at radius 1 is 1.07 bits per heavy atom. The lowest BCUT2D eigenvalue weighted by molar-refractivity contribution is -0.174. The maximum absolute atomic E-state index is 13.2. The number of benzene rings is 2. The summed E-state index contributed by atoms with van der Waals surface area (Å²) in [5.74, 6) is 0.395. The molecule has 144 valence electrons. The van der Waals surface area contributed by atoms with Gasteiger partial charge in [-0.15, -0.1) is 0 Å². The summed E-state index contributed by atoms with van der Waals surface area (Å²) in [6, 6.07) is 16.8. The molecule has 4 nitrogen and oxygen atoms in total. The number of nitrogens with zero attached hydrogens (tertiary/aromatic N) is 2. The molecule has 1 amide bonds. The van der Waals surface area contributed by atoms with Crippen molar-refractivity contribution in [1.82, 2.24) is 4.90 Å². The highest BCUT2D eigenvalue weighted by molar-refractivity contribution is 6.30. The van der Waals surface area contributed by atoms with E-state index in [-0.39, 0.29) is 18.4 Å². The number of amides is 1. The average molecular weight is 415 g/mol. The van der Waals surface area contributed by atoms with E-state index in [2.05, 4.69) is 6.07 Å². The van der Waals surface area contributed by atoms with Crippen LogP contribution in [-0.4, -0.2) is 23.5 Å². The molecule has 4 rings (SSSR count). The molecule has 1 aliphatic carbocycles. The number of halogens is 2. The molecule has 0 unspecified atom stereocenters. The fraction of sp³-hybridized carbons (Fsp3) is 0.364. The lowest BCUT2D eigenvalue weighted by atomic mass is 9.91. The number of rotatable bonds is 5. The number of morpholine rings is 1. The minimum atomic E-state index is -0.767. The van der Waals surface area contributed by atoms with Crippen molar-refractivity contribution in [2.45, 2.75) is 37.5 Å². The van der Waals surface area contributed by atoms with Crippen LogP contribution in [0.5, 0.6) is 0 Å². The Kier molecular flexibility index (Phi) is 5.59. The third kappa shape index (κ3) is 4.03. The first-order chi connectivity index (χ1) is 13.6. The molecule has 0 radical (unpaired) electrons. The Morgan fingerprint density at radius 2 is 1.82 bits per heavy atom. The molecule has 1 heterocycles. The van der Waals surface area contributed by atoms with Crippen LogP contribution in [0.3, 0.4) is 0 Å². The maximum atomic E-state index is 13.2. The summed E-state index contributed by atoms with van der Waals surface area (Å²) < 4.78 is 6.20. The number of carbonyl (C=O) groups excluding carboxylic acids is 1. The largest absolute Gasteiger partial charge is 0.357 e. The van der Waals surface area contributed by atoms with E-state index in [0.717, 1.165) is 24.0 Å². The van der Waals surface area contributed by atoms with Crippen molar-refractivity contribution in [3.8, 4) is 6.07 Å². The van der Waals surface area contributed by atoms with Gasteiger partial charge in [0.2, 0.25) is 0 Å². The van der Waals surface area contributed by atoms with E-state index >= 15 is 0 Å². The van der Waals surface area contributed by atoms with Gasteiger partial charge in [-0.3, -0.25) is 4.79 Å². The SMILES string of the molecule is N#CC[C@H]1O[C@@H](c2cccc(Cl)c2)[C@H](c2ccc(Cl)cc2)N(CC2CC2)C1=O. The zero-order valence-electron chi connectivity index (χ0n) is 15.2. The van der Waals surface area contributed by atoms with Gasteiger partial charge < -0.3 is 9.64 Å². The molecule has 3 atom stereocenters. The highest BCUT2D eigenvalue weighted by Gasteiger charge is 2.45. The van der Waals surface area contributed by atoms with E-state index in [0.29, 0.717) is 22.5 Å². The van der Waals surface area contributed by atoms with Crippen LogP contribution in [0.15, 0.2) is 48.5 Å². The van der Waals surface area contributed by atoms with Crippen LogP contribution in [-0.2, 0) is 9.53 Å². The van der Waals surface area contributed by atoms with Crippen molar-refractivity contribution in [3.05, 3.63) is 69.7 Å². The molecule has 2 aromatic rings. The molecule has 6 heteroatoms. The molecule has 0 N–H and O–H groups in total. The second kappa shape index (κ2) is 8.13. The topological polar surface area (TPSA) is 53.3 Å². The molecule has 28 heavy (non-hydrogen) atoms. The fourth-order valence-electron chi connectivity index (χ4n) is 3.75. The molecular weight excluding hydrogens is 395 g/mol. The lowest BCUT2D eigenvalue weighted by Crippen LogP contribution is -2.51. The van der Waals surface area contributed by atoms with E-state index in [1.165, 1.54) is 0 Å². The van der Waals surface area contributed by atoms with Gasteiger partial charge in [0.25, 0.3) is 5.91 Å². The summed E-state index contributed by atoms with van der Waals surface area (Å²) in [5, 5.41) is 10.4. The van der Waals surface area contributed by atoms with E-state index in [9.17, 15) is 10.1 Å². The summed E-state index contributed by atoms with van der Waals surface area (Å²) in [6.07, 6.45) is 1.11. The number of carbonyl (C=O) groups is 1. The molecule has 0 aromatic heterocycles. The van der Waals surface area contributed by atoms with Crippen LogP contribution in [0.25, 0.3) is 0 Å². The smallest absolute Gasteiger partial charge is 0.253 e. The van der Waals surface area contributed by atoms with Gasteiger partial charge in [-0.2, -0.15) is 5.26 Å². The lowest BCUT2D eigenvalue weighted by Gasteiger charge is -2.44. The van der Waals surface area contributed by atoms with E-state index in [1.807, 2.05) is 53.4 Å².